The second-order valence-corrected chi connectivity index (χ2v) is 7.75. The van der Waals surface area contributed by atoms with Crippen molar-refractivity contribution in [1.29, 1.82) is 0 Å². The van der Waals surface area contributed by atoms with Crippen LogP contribution in [0.3, 0.4) is 0 Å². The van der Waals surface area contributed by atoms with Crippen LogP contribution in [0.4, 0.5) is 0 Å². The molecule has 2 fully saturated rings. The van der Waals surface area contributed by atoms with E-state index in [2.05, 4.69) is 9.62 Å². The number of morpholine rings is 1. The maximum Gasteiger partial charge on any atom is 0.240 e. The van der Waals surface area contributed by atoms with Crippen molar-refractivity contribution >= 4 is 10.0 Å². The summed E-state index contributed by atoms with van der Waals surface area (Å²) in [4.78, 5) is 2.74. The number of hydrogen-bond donors (Lipinski definition) is 1. The zero-order valence-electron chi connectivity index (χ0n) is 12.8. The van der Waals surface area contributed by atoms with Gasteiger partial charge in [0.15, 0.2) is 0 Å². The van der Waals surface area contributed by atoms with E-state index < -0.39 is 10.0 Å². The van der Waals surface area contributed by atoms with Crippen molar-refractivity contribution in [2.75, 3.05) is 26.3 Å². The smallest absolute Gasteiger partial charge is 0.240 e. The number of nitrogens with zero attached hydrogens (tertiary/aromatic N) is 1. The number of sulfonamides is 1. The summed E-state index contributed by atoms with van der Waals surface area (Å²) in [6, 6.07) is 8.93. The fraction of sp³-hybridized carbons (Fsp3) is 0.625. The van der Waals surface area contributed by atoms with Crippen molar-refractivity contribution in [2.45, 2.75) is 42.7 Å². The molecule has 5 nitrogen and oxygen atoms in total. The quantitative estimate of drug-likeness (QED) is 0.914. The van der Waals surface area contributed by atoms with E-state index in [4.69, 9.17) is 4.74 Å². The average Bonchev–Trinajstić information content (AvgIpc) is 2.57. The summed E-state index contributed by atoms with van der Waals surface area (Å²) >= 11 is 0. The predicted molar refractivity (Wildman–Crippen MR) is 85.2 cm³/mol. The fourth-order valence-electron chi connectivity index (χ4n) is 3.46. The van der Waals surface area contributed by atoms with Gasteiger partial charge in [-0.05, 0) is 25.0 Å². The molecular weight excluding hydrogens is 300 g/mol. The number of rotatable bonds is 4. The lowest BCUT2D eigenvalue weighted by molar-refractivity contribution is 0.00211. The number of nitrogens with one attached hydrogen (secondary N) is 1. The van der Waals surface area contributed by atoms with Crippen LogP contribution in [-0.4, -0.2) is 51.7 Å². The average molecular weight is 324 g/mol. The summed E-state index contributed by atoms with van der Waals surface area (Å²) in [6.07, 6.45) is 4.23. The highest BCUT2D eigenvalue weighted by atomic mass is 32.2. The van der Waals surface area contributed by atoms with Crippen molar-refractivity contribution in [2.24, 2.45) is 0 Å². The molecule has 0 aromatic heterocycles. The van der Waals surface area contributed by atoms with Gasteiger partial charge in [0.25, 0.3) is 0 Å². The summed E-state index contributed by atoms with van der Waals surface area (Å²) in [7, 11) is -3.44. The van der Waals surface area contributed by atoms with Crippen LogP contribution in [0.2, 0.25) is 0 Å². The lowest BCUT2D eigenvalue weighted by Crippen LogP contribution is -2.55. The molecule has 0 spiro atoms. The second kappa shape index (κ2) is 7.08. The Bertz CT molecular complexity index is 570. The Balaban J connectivity index is 1.73. The first-order valence-corrected chi connectivity index (χ1v) is 9.54. The number of hydrogen-bond acceptors (Lipinski definition) is 4. The van der Waals surface area contributed by atoms with Crippen molar-refractivity contribution in [3.05, 3.63) is 30.3 Å². The Hall–Kier alpha value is -0.950. The van der Waals surface area contributed by atoms with Gasteiger partial charge in [0, 0.05) is 25.2 Å². The Morgan fingerprint density at radius 2 is 1.73 bits per heavy atom. The van der Waals surface area contributed by atoms with Crippen LogP contribution in [0.5, 0.6) is 0 Å². The van der Waals surface area contributed by atoms with Gasteiger partial charge in [-0.15, -0.1) is 0 Å². The summed E-state index contributed by atoms with van der Waals surface area (Å²) in [5.41, 5.74) is 0. The standard InChI is InChI=1S/C16H24N2O3S/c19-22(20,14-6-2-1-3-7-14)17-15-8-4-5-9-16(15)18-10-12-21-13-11-18/h1-3,6-7,15-17H,4-5,8-13H2/t15-,16+/m1/s1. The number of ether oxygens (including phenoxy) is 1. The Morgan fingerprint density at radius 3 is 2.45 bits per heavy atom. The predicted octanol–water partition coefficient (Wildman–Crippen LogP) is 1.61. The third kappa shape index (κ3) is 3.68. The highest BCUT2D eigenvalue weighted by molar-refractivity contribution is 7.89. The van der Waals surface area contributed by atoms with Gasteiger partial charge in [-0.25, -0.2) is 13.1 Å². The zero-order chi connectivity index (χ0) is 15.4. The van der Waals surface area contributed by atoms with Crippen LogP contribution in [0.1, 0.15) is 25.7 Å². The van der Waals surface area contributed by atoms with Crippen molar-refractivity contribution in [3.63, 3.8) is 0 Å². The van der Waals surface area contributed by atoms with E-state index in [0.29, 0.717) is 4.90 Å². The molecule has 2 atom stereocenters. The third-order valence-corrected chi connectivity index (χ3v) is 6.11. The van der Waals surface area contributed by atoms with Gasteiger partial charge in [0.05, 0.1) is 18.1 Å². The Labute approximate surface area is 132 Å². The SMILES string of the molecule is O=S(=O)(N[C@@H]1CCCC[C@@H]1N1CCOCC1)c1ccccc1. The topological polar surface area (TPSA) is 58.6 Å². The summed E-state index contributed by atoms with van der Waals surface area (Å²) < 4.78 is 33.5. The first-order valence-electron chi connectivity index (χ1n) is 8.06. The molecule has 2 aliphatic rings. The highest BCUT2D eigenvalue weighted by Crippen LogP contribution is 2.25. The monoisotopic (exact) mass is 324 g/mol. The molecule has 1 N–H and O–H groups in total. The van der Waals surface area contributed by atoms with Gasteiger partial charge in [-0.1, -0.05) is 31.0 Å². The van der Waals surface area contributed by atoms with E-state index >= 15 is 0 Å². The van der Waals surface area contributed by atoms with Crippen LogP contribution < -0.4 is 4.72 Å². The van der Waals surface area contributed by atoms with Crippen LogP contribution in [-0.2, 0) is 14.8 Å². The molecule has 1 saturated heterocycles. The van der Waals surface area contributed by atoms with E-state index in [1.54, 1.807) is 24.3 Å². The molecule has 3 rings (SSSR count). The largest absolute Gasteiger partial charge is 0.379 e. The highest BCUT2D eigenvalue weighted by Gasteiger charge is 2.33. The summed E-state index contributed by atoms with van der Waals surface area (Å²) in [6.45, 7) is 3.28. The minimum Gasteiger partial charge on any atom is -0.379 e. The first-order chi connectivity index (χ1) is 10.7. The normalized spacial score (nSPS) is 27.6. The van der Waals surface area contributed by atoms with Gasteiger partial charge in [0.2, 0.25) is 10.0 Å². The van der Waals surface area contributed by atoms with Gasteiger partial charge in [-0.3, -0.25) is 4.90 Å². The van der Waals surface area contributed by atoms with E-state index in [1.165, 1.54) is 6.42 Å². The Kier molecular flexibility index (Phi) is 5.13. The molecule has 0 amide bonds. The van der Waals surface area contributed by atoms with Gasteiger partial charge >= 0.3 is 0 Å². The lowest BCUT2D eigenvalue weighted by atomic mass is 9.89. The Morgan fingerprint density at radius 1 is 1.05 bits per heavy atom. The summed E-state index contributed by atoms with van der Waals surface area (Å²) in [5, 5.41) is 0. The molecule has 0 unspecified atom stereocenters. The lowest BCUT2D eigenvalue weighted by Gasteiger charge is -2.41. The first kappa shape index (κ1) is 15.9. The van der Waals surface area contributed by atoms with Crippen LogP contribution in [0, 0.1) is 0 Å². The third-order valence-electron chi connectivity index (χ3n) is 4.60. The zero-order valence-corrected chi connectivity index (χ0v) is 13.6. The minimum absolute atomic E-state index is 0.00273. The van der Waals surface area contributed by atoms with E-state index in [1.807, 2.05) is 6.07 Å². The van der Waals surface area contributed by atoms with Crippen molar-refractivity contribution in [1.82, 2.24) is 9.62 Å². The van der Waals surface area contributed by atoms with E-state index in [-0.39, 0.29) is 12.1 Å². The molecule has 0 bridgehead atoms. The summed E-state index contributed by atoms with van der Waals surface area (Å²) in [5.74, 6) is 0. The maximum atomic E-state index is 12.6. The molecule has 6 heteroatoms. The van der Waals surface area contributed by atoms with Gasteiger partial charge in [-0.2, -0.15) is 0 Å². The molecule has 1 saturated carbocycles. The van der Waals surface area contributed by atoms with Crippen LogP contribution >= 0.6 is 0 Å². The molecule has 0 radical (unpaired) electrons. The van der Waals surface area contributed by atoms with Gasteiger partial charge < -0.3 is 4.74 Å². The van der Waals surface area contributed by atoms with Crippen LogP contribution in [0.25, 0.3) is 0 Å². The molecular formula is C16H24N2O3S. The molecule has 122 valence electrons. The molecule has 1 aliphatic carbocycles. The van der Waals surface area contributed by atoms with Crippen molar-refractivity contribution < 1.29 is 13.2 Å². The fourth-order valence-corrected chi connectivity index (χ4v) is 4.79. The minimum atomic E-state index is -3.44. The second-order valence-electron chi connectivity index (χ2n) is 6.04. The van der Waals surface area contributed by atoms with Crippen LogP contribution in [0.15, 0.2) is 35.2 Å². The van der Waals surface area contributed by atoms with Gasteiger partial charge in [0.1, 0.15) is 0 Å². The molecule has 1 aromatic carbocycles. The van der Waals surface area contributed by atoms with Crippen molar-refractivity contribution in [3.8, 4) is 0 Å². The molecule has 1 aliphatic heterocycles. The molecule has 22 heavy (non-hydrogen) atoms. The molecule has 1 aromatic rings. The van der Waals surface area contributed by atoms with E-state index in [0.717, 1.165) is 45.6 Å². The number of benzene rings is 1. The van der Waals surface area contributed by atoms with E-state index in [9.17, 15) is 8.42 Å². The maximum absolute atomic E-state index is 12.6. The molecule has 1 heterocycles.